The van der Waals surface area contributed by atoms with E-state index in [1.165, 1.54) is 47.8 Å². The molecular weight excluding hydrogens is 355 g/mol. The molecule has 0 saturated carbocycles. The van der Waals surface area contributed by atoms with Crippen LogP contribution in [0.1, 0.15) is 22.6 Å². The Kier molecular flexibility index (Phi) is 8.69. The van der Waals surface area contributed by atoms with Crippen LogP contribution >= 0.6 is 22.7 Å². The van der Waals surface area contributed by atoms with Crippen molar-refractivity contribution in [3.05, 3.63) is 50.4 Å². The minimum Gasteiger partial charge on any atom is -1.00 e. The van der Waals surface area contributed by atoms with Crippen molar-refractivity contribution in [2.24, 2.45) is 0 Å². The van der Waals surface area contributed by atoms with Crippen LogP contribution in [0.5, 0.6) is 0 Å². The summed E-state index contributed by atoms with van der Waals surface area (Å²) in [7, 11) is 0. The monoisotopic (exact) mass is 376 g/mol. The lowest BCUT2D eigenvalue weighted by molar-refractivity contribution is -0.907. The van der Waals surface area contributed by atoms with Crippen LogP contribution in [0.25, 0.3) is 5.57 Å². The highest BCUT2D eigenvalue weighted by Gasteiger charge is 2.21. The highest BCUT2D eigenvalue weighted by atomic mass is 35.5. The molecule has 3 rings (SSSR count). The number of quaternary nitrogens is 2. The molecule has 1 aliphatic rings. The van der Waals surface area contributed by atoms with Crippen LogP contribution in [0.2, 0.25) is 0 Å². The second-order valence-electron chi connectivity index (χ2n) is 5.29. The predicted octanol–water partition coefficient (Wildman–Crippen LogP) is -4.46. The van der Waals surface area contributed by atoms with E-state index in [4.69, 9.17) is 0 Å². The van der Waals surface area contributed by atoms with Crippen molar-refractivity contribution >= 4 is 28.2 Å². The van der Waals surface area contributed by atoms with Crippen LogP contribution in [-0.2, 0) is 0 Å². The van der Waals surface area contributed by atoms with E-state index in [2.05, 4.69) is 40.8 Å². The number of piperidine rings is 1. The molecule has 2 aromatic rings. The summed E-state index contributed by atoms with van der Waals surface area (Å²) in [6, 6.07) is 8.86. The van der Waals surface area contributed by atoms with Gasteiger partial charge in [0.1, 0.15) is 13.1 Å². The van der Waals surface area contributed by atoms with E-state index < -0.39 is 0 Å². The Morgan fingerprint density at radius 2 is 1.55 bits per heavy atom. The second-order valence-corrected chi connectivity index (χ2v) is 7.18. The van der Waals surface area contributed by atoms with Gasteiger partial charge in [0.05, 0.1) is 13.1 Å². The zero-order valence-corrected chi connectivity index (χ0v) is 15.6. The van der Waals surface area contributed by atoms with Gasteiger partial charge in [-0.1, -0.05) is 12.1 Å². The highest BCUT2D eigenvalue weighted by Crippen LogP contribution is 2.35. The van der Waals surface area contributed by atoms with Gasteiger partial charge in [0.2, 0.25) is 0 Å². The third-order valence-corrected chi connectivity index (χ3v) is 5.75. The molecule has 0 aromatic carbocycles. The topological polar surface area (TPSA) is 32.1 Å². The molecule has 1 fully saturated rings. The Labute approximate surface area is 152 Å². The molecular formula is C16H22Cl2N2S2. The summed E-state index contributed by atoms with van der Waals surface area (Å²) in [5.41, 5.74) is 7.16. The SMILES string of the molecule is [Cl-].[Cl-].[NH3+]CC[NH+]1CCC(=C(c2cccs2)c2cccs2)CC1. The Morgan fingerprint density at radius 3 is 1.95 bits per heavy atom. The molecule has 22 heavy (non-hydrogen) atoms. The van der Waals surface area contributed by atoms with E-state index in [-0.39, 0.29) is 24.8 Å². The molecule has 0 amide bonds. The van der Waals surface area contributed by atoms with Crippen LogP contribution in [-0.4, -0.2) is 26.2 Å². The molecule has 122 valence electrons. The minimum absolute atomic E-state index is 0. The summed E-state index contributed by atoms with van der Waals surface area (Å²) >= 11 is 3.73. The first-order chi connectivity index (χ1) is 9.88. The molecule has 0 bridgehead atoms. The molecule has 2 aromatic heterocycles. The predicted molar refractivity (Wildman–Crippen MR) is 87.2 cm³/mol. The van der Waals surface area contributed by atoms with Gasteiger partial charge in [0.25, 0.3) is 0 Å². The van der Waals surface area contributed by atoms with Crippen LogP contribution in [0.15, 0.2) is 40.6 Å². The van der Waals surface area contributed by atoms with E-state index >= 15 is 0 Å². The van der Waals surface area contributed by atoms with Crippen LogP contribution in [0.4, 0.5) is 0 Å². The van der Waals surface area contributed by atoms with Crippen molar-refractivity contribution in [3.63, 3.8) is 0 Å². The molecule has 0 atom stereocenters. The standard InChI is InChI=1S/C16H20N2S2.2ClH/c17-7-10-18-8-5-13(6-9-18)16(14-3-1-11-19-14)15-4-2-12-20-15;;/h1-4,11-12H,5-10,17H2;2*1H. The molecule has 6 heteroatoms. The Balaban J connectivity index is 0.00000121. The van der Waals surface area contributed by atoms with Crippen molar-refractivity contribution in [2.75, 3.05) is 26.2 Å². The van der Waals surface area contributed by atoms with Crippen LogP contribution < -0.4 is 35.4 Å². The summed E-state index contributed by atoms with van der Waals surface area (Å²) in [6.45, 7) is 4.81. The molecule has 3 heterocycles. The average Bonchev–Trinajstić information content (AvgIpc) is 3.15. The van der Waals surface area contributed by atoms with Crippen LogP contribution in [0.3, 0.4) is 0 Å². The zero-order valence-electron chi connectivity index (χ0n) is 12.5. The van der Waals surface area contributed by atoms with Gasteiger partial charge in [-0.3, -0.25) is 0 Å². The van der Waals surface area contributed by atoms with Crippen molar-refractivity contribution in [2.45, 2.75) is 12.8 Å². The van der Waals surface area contributed by atoms with Crippen molar-refractivity contribution in [1.29, 1.82) is 0 Å². The highest BCUT2D eigenvalue weighted by molar-refractivity contribution is 7.13. The quantitative estimate of drug-likeness (QED) is 0.539. The molecule has 0 radical (unpaired) electrons. The van der Waals surface area contributed by atoms with Crippen molar-refractivity contribution < 1.29 is 35.4 Å². The van der Waals surface area contributed by atoms with E-state index in [0.29, 0.717) is 0 Å². The van der Waals surface area contributed by atoms with Crippen LogP contribution in [0, 0.1) is 0 Å². The number of thiophene rings is 2. The van der Waals surface area contributed by atoms with Gasteiger partial charge in [0.15, 0.2) is 0 Å². The molecule has 0 unspecified atom stereocenters. The minimum atomic E-state index is 0. The summed E-state index contributed by atoms with van der Waals surface area (Å²) in [5, 5.41) is 4.37. The smallest absolute Gasteiger partial charge is 0.127 e. The summed E-state index contributed by atoms with van der Waals surface area (Å²) in [4.78, 5) is 4.59. The number of hydrogen-bond donors (Lipinski definition) is 2. The maximum atomic E-state index is 3.99. The largest absolute Gasteiger partial charge is 1.00 e. The van der Waals surface area contributed by atoms with Gasteiger partial charge in [-0.25, -0.2) is 0 Å². The van der Waals surface area contributed by atoms with Gasteiger partial charge in [-0.05, 0) is 28.5 Å². The summed E-state index contributed by atoms with van der Waals surface area (Å²) in [6.07, 6.45) is 2.47. The number of likely N-dealkylation sites (tertiary alicyclic amines) is 1. The van der Waals surface area contributed by atoms with Gasteiger partial charge in [-0.2, -0.15) is 0 Å². The Bertz CT molecular complexity index is 519. The number of rotatable bonds is 4. The fraction of sp³-hybridized carbons (Fsp3) is 0.375. The van der Waals surface area contributed by atoms with Crippen molar-refractivity contribution in [3.8, 4) is 0 Å². The van der Waals surface area contributed by atoms with E-state index in [1.54, 1.807) is 10.5 Å². The fourth-order valence-corrected chi connectivity index (χ4v) is 4.70. The first-order valence-corrected chi connectivity index (χ1v) is 9.07. The number of nitrogens with one attached hydrogen (secondary N) is 1. The van der Waals surface area contributed by atoms with E-state index in [0.717, 1.165) is 6.54 Å². The number of halogens is 2. The average molecular weight is 377 g/mol. The normalized spacial score (nSPS) is 17.5. The summed E-state index contributed by atoms with van der Waals surface area (Å²) < 4.78 is 0. The number of hydrogen-bond acceptors (Lipinski definition) is 2. The zero-order chi connectivity index (χ0) is 13.8. The van der Waals surface area contributed by atoms with Gasteiger partial charge >= 0.3 is 0 Å². The van der Waals surface area contributed by atoms with E-state index in [1.807, 2.05) is 22.7 Å². The third kappa shape index (κ3) is 4.57. The van der Waals surface area contributed by atoms with Gasteiger partial charge < -0.3 is 35.4 Å². The maximum absolute atomic E-state index is 3.99. The molecule has 0 aliphatic carbocycles. The fourth-order valence-electron chi connectivity index (χ4n) is 2.97. The van der Waals surface area contributed by atoms with Gasteiger partial charge in [-0.15, -0.1) is 22.7 Å². The Morgan fingerprint density at radius 1 is 1.00 bits per heavy atom. The molecule has 4 N–H and O–H groups in total. The molecule has 1 aliphatic heterocycles. The Hall–Kier alpha value is -0.360. The lowest BCUT2D eigenvalue weighted by atomic mass is 9.96. The third-order valence-electron chi connectivity index (χ3n) is 3.98. The molecule has 2 nitrogen and oxygen atoms in total. The maximum Gasteiger partial charge on any atom is 0.127 e. The first kappa shape index (κ1) is 19.7. The lowest BCUT2D eigenvalue weighted by Crippen LogP contribution is -3.14. The van der Waals surface area contributed by atoms with Gasteiger partial charge in [0, 0.05) is 28.2 Å². The van der Waals surface area contributed by atoms with Crippen molar-refractivity contribution in [1.82, 2.24) is 0 Å². The first-order valence-electron chi connectivity index (χ1n) is 7.31. The lowest BCUT2D eigenvalue weighted by Gasteiger charge is -2.26. The molecule has 1 saturated heterocycles. The second kappa shape index (κ2) is 9.71. The summed E-state index contributed by atoms with van der Waals surface area (Å²) in [5.74, 6) is 0. The van der Waals surface area contributed by atoms with E-state index in [9.17, 15) is 0 Å². The molecule has 0 spiro atoms.